The summed E-state index contributed by atoms with van der Waals surface area (Å²) in [6, 6.07) is 5.49. The number of hydrogen-bond acceptors (Lipinski definition) is 4. The predicted octanol–water partition coefficient (Wildman–Crippen LogP) is 3.26. The minimum Gasteiger partial charge on any atom is -0.303 e. The lowest BCUT2D eigenvalue weighted by atomic mass is 9.92. The van der Waals surface area contributed by atoms with Gasteiger partial charge in [-0.15, -0.1) is 0 Å². The highest BCUT2D eigenvalue weighted by atomic mass is 32.2. The standard InChI is InChI=1S/C20H28FN3O2S/c1-14-11-15(2)13-24(12-14)10-4-9-22-20-16(3)19(27(25,26)23-20)17-5-7-18(21)8-6-17/h5-8,14-15H,4,9-13H2,1-3H3,(H,22,23). The first-order chi connectivity index (χ1) is 12.8. The van der Waals surface area contributed by atoms with Crippen molar-refractivity contribution in [2.75, 3.05) is 26.2 Å². The summed E-state index contributed by atoms with van der Waals surface area (Å²) < 4.78 is 40.6. The minimum absolute atomic E-state index is 0.180. The fourth-order valence-electron chi connectivity index (χ4n) is 4.15. The van der Waals surface area contributed by atoms with E-state index in [1.165, 1.54) is 30.7 Å². The normalized spacial score (nSPS) is 27.2. The maximum atomic E-state index is 13.1. The van der Waals surface area contributed by atoms with Crippen LogP contribution in [-0.2, 0) is 10.0 Å². The molecule has 1 aromatic carbocycles. The molecule has 2 atom stereocenters. The minimum atomic E-state index is -3.66. The number of aliphatic imine (C=N–C) groups is 1. The lowest BCUT2D eigenvalue weighted by molar-refractivity contribution is 0.140. The van der Waals surface area contributed by atoms with Crippen molar-refractivity contribution in [2.24, 2.45) is 16.8 Å². The SMILES string of the molecule is CC1=C(c2ccc(F)cc2)S(=O)(=O)NC1=NCCCN1CC(C)CC(C)C1. The number of hydrogen-bond donors (Lipinski definition) is 1. The second kappa shape index (κ2) is 8.10. The number of nitrogens with one attached hydrogen (secondary N) is 1. The second-order valence-corrected chi connectivity index (χ2v) is 9.48. The van der Waals surface area contributed by atoms with Crippen molar-refractivity contribution >= 4 is 20.8 Å². The number of piperidine rings is 1. The van der Waals surface area contributed by atoms with Crippen molar-refractivity contribution in [1.29, 1.82) is 0 Å². The van der Waals surface area contributed by atoms with Crippen molar-refractivity contribution in [3.8, 4) is 0 Å². The molecule has 0 aromatic heterocycles. The first-order valence-electron chi connectivity index (χ1n) is 9.53. The van der Waals surface area contributed by atoms with E-state index < -0.39 is 15.8 Å². The highest BCUT2D eigenvalue weighted by Crippen LogP contribution is 2.29. The lowest BCUT2D eigenvalue weighted by Crippen LogP contribution is -2.39. The van der Waals surface area contributed by atoms with Gasteiger partial charge in [-0.3, -0.25) is 9.71 Å². The highest BCUT2D eigenvalue weighted by Gasteiger charge is 2.32. The van der Waals surface area contributed by atoms with Gasteiger partial charge in [-0.2, -0.15) is 0 Å². The summed E-state index contributed by atoms with van der Waals surface area (Å²) >= 11 is 0. The molecule has 1 aromatic rings. The van der Waals surface area contributed by atoms with Crippen molar-refractivity contribution in [1.82, 2.24) is 9.62 Å². The van der Waals surface area contributed by atoms with Gasteiger partial charge in [0, 0.05) is 25.2 Å². The molecule has 2 aliphatic rings. The van der Waals surface area contributed by atoms with Crippen LogP contribution < -0.4 is 4.72 Å². The van der Waals surface area contributed by atoms with Gasteiger partial charge in [0.15, 0.2) is 0 Å². The van der Waals surface area contributed by atoms with Gasteiger partial charge in [-0.1, -0.05) is 26.0 Å². The fourth-order valence-corrected chi connectivity index (χ4v) is 5.67. The van der Waals surface area contributed by atoms with Crippen molar-refractivity contribution < 1.29 is 12.8 Å². The summed E-state index contributed by atoms with van der Waals surface area (Å²) in [5.41, 5.74) is 1.06. The number of benzene rings is 1. The predicted molar refractivity (Wildman–Crippen MR) is 107 cm³/mol. The van der Waals surface area contributed by atoms with Gasteiger partial charge < -0.3 is 4.90 Å². The Morgan fingerprint density at radius 2 is 1.81 bits per heavy atom. The summed E-state index contributed by atoms with van der Waals surface area (Å²) in [5.74, 6) is 1.46. The Hall–Kier alpha value is -1.73. The lowest BCUT2D eigenvalue weighted by Gasteiger charge is -2.34. The van der Waals surface area contributed by atoms with E-state index in [9.17, 15) is 12.8 Å². The summed E-state index contributed by atoms with van der Waals surface area (Å²) in [6.45, 7) is 10.1. The van der Waals surface area contributed by atoms with E-state index in [0.29, 0.717) is 23.5 Å². The summed E-state index contributed by atoms with van der Waals surface area (Å²) in [5, 5.41) is 0. The average molecular weight is 394 g/mol. The van der Waals surface area contributed by atoms with E-state index in [4.69, 9.17) is 0 Å². The quantitative estimate of drug-likeness (QED) is 0.781. The summed E-state index contributed by atoms with van der Waals surface area (Å²) in [4.78, 5) is 7.14. The fraction of sp³-hybridized carbons (Fsp3) is 0.550. The molecule has 27 heavy (non-hydrogen) atoms. The summed E-state index contributed by atoms with van der Waals surface area (Å²) in [6.07, 6.45) is 2.18. The maximum Gasteiger partial charge on any atom is 0.264 e. The van der Waals surface area contributed by atoms with Crippen LogP contribution in [0.3, 0.4) is 0 Å². The molecule has 2 aliphatic heterocycles. The van der Waals surface area contributed by atoms with Gasteiger partial charge in [0.05, 0.1) is 0 Å². The van der Waals surface area contributed by atoms with E-state index in [1.54, 1.807) is 6.92 Å². The Kier molecular flexibility index (Phi) is 6.01. The average Bonchev–Trinajstić information content (AvgIpc) is 2.81. The van der Waals surface area contributed by atoms with Crippen molar-refractivity contribution in [3.63, 3.8) is 0 Å². The molecular weight excluding hydrogens is 365 g/mol. The van der Waals surface area contributed by atoms with E-state index in [-0.39, 0.29) is 4.91 Å². The third-order valence-electron chi connectivity index (χ3n) is 5.15. The summed E-state index contributed by atoms with van der Waals surface area (Å²) in [7, 11) is -3.66. The van der Waals surface area contributed by atoms with Crippen LogP contribution in [0.2, 0.25) is 0 Å². The molecule has 0 amide bonds. The van der Waals surface area contributed by atoms with E-state index in [2.05, 4.69) is 28.5 Å². The van der Waals surface area contributed by atoms with Crippen LogP contribution >= 0.6 is 0 Å². The van der Waals surface area contributed by atoms with E-state index in [0.717, 1.165) is 37.9 Å². The molecule has 0 saturated carbocycles. The van der Waals surface area contributed by atoms with Gasteiger partial charge in [0.25, 0.3) is 10.0 Å². The van der Waals surface area contributed by atoms with Crippen LogP contribution in [0.15, 0.2) is 34.8 Å². The van der Waals surface area contributed by atoms with Crippen LogP contribution in [-0.4, -0.2) is 45.3 Å². The molecular formula is C20H28FN3O2S. The molecule has 2 unspecified atom stereocenters. The zero-order chi connectivity index (χ0) is 19.6. The molecule has 5 nitrogen and oxygen atoms in total. The number of likely N-dealkylation sites (tertiary alicyclic amines) is 1. The van der Waals surface area contributed by atoms with Gasteiger partial charge in [0.1, 0.15) is 16.6 Å². The van der Waals surface area contributed by atoms with Gasteiger partial charge in [0.2, 0.25) is 0 Å². The van der Waals surface area contributed by atoms with Crippen LogP contribution in [0.4, 0.5) is 4.39 Å². The second-order valence-electron chi connectivity index (χ2n) is 7.86. The smallest absolute Gasteiger partial charge is 0.264 e. The maximum absolute atomic E-state index is 13.1. The molecule has 1 N–H and O–H groups in total. The van der Waals surface area contributed by atoms with Crippen molar-refractivity contribution in [3.05, 3.63) is 41.2 Å². The van der Waals surface area contributed by atoms with Crippen LogP contribution in [0.25, 0.3) is 4.91 Å². The van der Waals surface area contributed by atoms with Crippen LogP contribution in [0, 0.1) is 17.7 Å². The molecule has 148 valence electrons. The molecule has 0 aliphatic carbocycles. The van der Waals surface area contributed by atoms with Gasteiger partial charge in [-0.05, 0) is 55.8 Å². The zero-order valence-electron chi connectivity index (χ0n) is 16.2. The van der Waals surface area contributed by atoms with E-state index >= 15 is 0 Å². The van der Waals surface area contributed by atoms with Crippen LogP contribution in [0.1, 0.15) is 39.2 Å². The Balaban J connectivity index is 1.65. The molecule has 3 rings (SSSR count). The Morgan fingerprint density at radius 1 is 1.19 bits per heavy atom. The molecule has 1 saturated heterocycles. The Bertz CT molecular complexity index is 836. The topological polar surface area (TPSA) is 61.8 Å². The van der Waals surface area contributed by atoms with Crippen molar-refractivity contribution in [2.45, 2.75) is 33.6 Å². The molecule has 1 fully saturated rings. The van der Waals surface area contributed by atoms with Gasteiger partial charge >= 0.3 is 0 Å². The number of amidine groups is 1. The van der Waals surface area contributed by atoms with Gasteiger partial charge in [-0.25, -0.2) is 12.8 Å². The molecule has 2 heterocycles. The van der Waals surface area contributed by atoms with Crippen LogP contribution in [0.5, 0.6) is 0 Å². The largest absolute Gasteiger partial charge is 0.303 e. The molecule has 7 heteroatoms. The molecule has 0 radical (unpaired) electrons. The Labute approximate surface area is 161 Å². The third-order valence-corrected chi connectivity index (χ3v) is 6.69. The first-order valence-corrected chi connectivity index (χ1v) is 11.0. The first kappa shape index (κ1) is 20.0. The number of halogens is 1. The number of rotatable bonds is 5. The zero-order valence-corrected chi connectivity index (χ0v) is 17.0. The molecule has 0 spiro atoms. The van der Waals surface area contributed by atoms with E-state index in [1.807, 2.05) is 0 Å². The monoisotopic (exact) mass is 393 g/mol. The number of sulfonamides is 1. The third kappa shape index (κ3) is 4.76. The number of nitrogens with zero attached hydrogens (tertiary/aromatic N) is 2. The Morgan fingerprint density at radius 3 is 2.44 bits per heavy atom. The molecule has 0 bridgehead atoms. The highest BCUT2D eigenvalue weighted by molar-refractivity contribution is 8.00.